The summed E-state index contributed by atoms with van der Waals surface area (Å²) in [6, 6.07) is 0. The minimum atomic E-state index is -0.152. The van der Waals surface area contributed by atoms with Gasteiger partial charge in [0.25, 0.3) is 0 Å². The number of hydrogen-bond donors (Lipinski definition) is 1. The van der Waals surface area contributed by atoms with E-state index in [0.717, 1.165) is 12.8 Å². The van der Waals surface area contributed by atoms with Crippen molar-refractivity contribution < 1.29 is 5.11 Å². The predicted molar refractivity (Wildman–Crippen MR) is 51.9 cm³/mol. The lowest BCUT2D eigenvalue weighted by atomic mass is 9.73. The van der Waals surface area contributed by atoms with Crippen LogP contribution < -0.4 is 0 Å². The summed E-state index contributed by atoms with van der Waals surface area (Å²) in [5, 5.41) is 9.82. The Balaban J connectivity index is 2.67. The maximum atomic E-state index is 9.82. The number of hydrogen-bond acceptors (Lipinski definition) is 1. The molecule has 0 aromatic rings. The van der Waals surface area contributed by atoms with Gasteiger partial charge in [-0.25, -0.2) is 0 Å². The van der Waals surface area contributed by atoms with Crippen LogP contribution in [0, 0.1) is 17.8 Å². The van der Waals surface area contributed by atoms with Gasteiger partial charge in [-0.15, -0.1) is 0 Å². The molecule has 0 saturated heterocycles. The summed E-state index contributed by atoms with van der Waals surface area (Å²) >= 11 is 0. The van der Waals surface area contributed by atoms with Crippen molar-refractivity contribution in [1.29, 1.82) is 0 Å². The Kier molecular flexibility index (Phi) is 2.94. The first-order chi connectivity index (χ1) is 5.52. The van der Waals surface area contributed by atoms with E-state index in [-0.39, 0.29) is 6.10 Å². The van der Waals surface area contributed by atoms with Gasteiger partial charge in [-0.05, 0) is 24.7 Å². The minimum absolute atomic E-state index is 0.152. The van der Waals surface area contributed by atoms with Crippen LogP contribution in [0.3, 0.4) is 0 Å². The van der Waals surface area contributed by atoms with Crippen LogP contribution >= 0.6 is 0 Å². The van der Waals surface area contributed by atoms with Gasteiger partial charge in [-0.1, -0.05) is 32.9 Å². The van der Waals surface area contributed by atoms with Crippen LogP contribution in [-0.2, 0) is 0 Å². The van der Waals surface area contributed by atoms with E-state index in [1.54, 1.807) is 0 Å². The van der Waals surface area contributed by atoms with Crippen LogP contribution in [0.1, 0.15) is 33.6 Å². The summed E-state index contributed by atoms with van der Waals surface area (Å²) in [5.41, 5.74) is 1.25. The molecule has 1 aliphatic carbocycles. The molecule has 0 aliphatic heterocycles. The van der Waals surface area contributed by atoms with Crippen LogP contribution in [0.4, 0.5) is 0 Å². The van der Waals surface area contributed by atoms with Crippen LogP contribution in [0.15, 0.2) is 12.2 Å². The van der Waals surface area contributed by atoms with E-state index in [2.05, 4.69) is 27.4 Å². The molecule has 1 nitrogen and oxygen atoms in total. The lowest BCUT2D eigenvalue weighted by Gasteiger charge is -2.36. The van der Waals surface area contributed by atoms with Crippen molar-refractivity contribution >= 4 is 0 Å². The molecule has 0 aromatic carbocycles. The number of aliphatic hydroxyl groups is 1. The van der Waals surface area contributed by atoms with Crippen molar-refractivity contribution in [3.05, 3.63) is 12.2 Å². The largest absolute Gasteiger partial charge is 0.392 e. The molecule has 1 fully saturated rings. The highest BCUT2D eigenvalue weighted by Gasteiger charge is 2.31. The van der Waals surface area contributed by atoms with Gasteiger partial charge < -0.3 is 5.11 Å². The van der Waals surface area contributed by atoms with Crippen molar-refractivity contribution in [2.45, 2.75) is 39.7 Å². The highest BCUT2D eigenvalue weighted by molar-refractivity contribution is 5.09. The molecule has 12 heavy (non-hydrogen) atoms. The van der Waals surface area contributed by atoms with Gasteiger partial charge in [0.05, 0.1) is 6.10 Å². The second kappa shape index (κ2) is 3.61. The van der Waals surface area contributed by atoms with Gasteiger partial charge in [0.15, 0.2) is 0 Å². The predicted octanol–water partition coefficient (Wildman–Crippen LogP) is 2.61. The maximum Gasteiger partial charge on any atom is 0.0610 e. The van der Waals surface area contributed by atoms with Gasteiger partial charge >= 0.3 is 0 Å². The van der Waals surface area contributed by atoms with Crippen molar-refractivity contribution in [2.24, 2.45) is 17.8 Å². The van der Waals surface area contributed by atoms with E-state index in [9.17, 15) is 5.11 Å². The summed E-state index contributed by atoms with van der Waals surface area (Å²) in [5.74, 6) is 1.48. The zero-order valence-corrected chi connectivity index (χ0v) is 8.38. The van der Waals surface area contributed by atoms with E-state index < -0.39 is 0 Å². The first-order valence-corrected chi connectivity index (χ1v) is 4.88. The summed E-state index contributed by atoms with van der Waals surface area (Å²) in [6.45, 7) is 10.6. The van der Waals surface area contributed by atoms with Gasteiger partial charge in [0, 0.05) is 5.92 Å². The van der Waals surface area contributed by atoms with E-state index in [4.69, 9.17) is 0 Å². The van der Waals surface area contributed by atoms with Crippen LogP contribution in [0.2, 0.25) is 0 Å². The average Bonchev–Trinajstić information content (AvgIpc) is 1.82. The smallest absolute Gasteiger partial charge is 0.0610 e. The molecule has 3 atom stereocenters. The number of rotatable bonds is 1. The summed E-state index contributed by atoms with van der Waals surface area (Å²) in [4.78, 5) is 0. The third-order valence-corrected chi connectivity index (χ3v) is 2.86. The molecule has 70 valence electrons. The minimum Gasteiger partial charge on any atom is -0.392 e. The summed E-state index contributed by atoms with van der Waals surface area (Å²) < 4.78 is 0. The molecule has 1 N–H and O–H groups in total. The highest BCUT2D eigenvalue weighted by atomic mass is 16.3. The van der Waals surface area contributed by atoms with Gasteiger partial charge in [0.1, 0.15) is 0 Å². The van der Waals surface area contributed by atoms with Crippen molar-refractivity contribution in [3.63, 3.8) is 0 Å². The molecule has 1 saturated carbocycles. The average molecular weight is 168 g/mol. The second-order valence-electron chi connectivity index (χ2n) is 4.54. The Morgan fingerprint density at radius 3 is 2.50 bits per heavy atom. The Morgan fingerprint density at radius 1 is 1.50 bits per heavy atom. The Hall–Kier alpha value is -0.300. The lowest BCUT2D eigenvalue weighted by molar-refractivity contribution is 0.0583. The zero-order chi connectivity index (χ0) is 9.30. The van der Waals surface area contributed by atoms with Gasteiger partial charge in [-0.2, -0.15) is 0 Å². The van der Waals surface area contributed by atoms with Gasteiger partial charge in [-0.3, -0.25) is 0 Å². The van der Waals surface area contributed by atoms with Crippen molar-refractivity contribution in [2.75, 3.05) is 0 Å². The highest BCUT2D eigenvalue weighted by Crippen LogP contribution is 2.36. The molecule has 0 spiro atoms. The van der Waals surface area contributed by atoms with E-state index in [1.165, 1.54) is 5.57 Å². The standard InChI is InChI=1S/C11H20O/c1-7(2)11-9(4)5-8(3)6-10(11)12/h7-8,10-12H,4-6H2,1-3H3. The third kappa shape index (κ3) is 1.89. The quantitative estimate of drug-likeness (QED) is 0.597. The fraction of sp³-hybridized carbons (Fsp3) is 0.818. The molecule has 0 heterocycles. The molecule has 1 rings (SSSR count). The molecular weight excluding hydrogens is 148 g/mol. The van der Waals surface area contributed by atoms with Crippen LogP contribution in [0.5, 0.6) is 0 Å². The van der Waals surface area contributed by atoms with E-state index in [1.807, 2.05) is 0 Å². The van der Waals surface area contributed by atoms with Crippen molar-refractivity contribution in [1.82, 2.24) is 0 Å². The molecule has 0 amide bonds. The molecular formula is C11H20O. The SMILES string of the molecule is C=C1CC(C)CC(O)C1C(C)C. The fourth-order valence-electron chi connectivity index (χ4n) is 2.41. The van der Waals surface area contributed by atoms with Crippen molar-refractivity contribution in [3.8, 4) is 0 Å². The van der Waals surface area contributed by atoms with Crippen LogP contribution in [-0.4, -0.2) is 11.2 Å². The Bertz CT molecular complexity index is 172. The van der Waals surface area contributed by atoms with Gasteiger partial charge in [0.2, 0.25) is 0 Å². The van der Waals surface area contributed by atoms with E-state index in [0.29, 0.717) is 17.8 Å². The zero-order valence-electron chi connectivity index (χ0n) is 8.38. The Morgan fingerprint density at radius 2 is 2.08 bits per heavy atom. The number of aliphatic hydroxyl groups excluding tert-OH is 1. The molecule has 1 aliphatic rings. The monoisotopic (exact) mass is 168 g/mol. The second-order valence-corrected chi connectivity index (χ2v) is 4.54. The molecule has 0 bridgehead atoms. The topological polar surface area (TPSA) is 20.2 Å². The van der Waals surface area contributed by atoms with Crippen LogP contribution in [0.25, 0.3) is 0 Å². The first kappa shape index (κ1) is 9.79. The lowest BCUT2D eigenvalue weighted by Crippen LogP contribution is -2.33. The summed E-state index contributed by atoms with van der Waals surface area (Å²) in [7, 11) is 0. The maximum absolute atomic E-state index is 9.82. The van der Waals surface area contributed by atoms with E-state index >= 15 is 0 Å². The summed E-state index contributed by atoms with van der Waals surface area (Å²) in [6.07, 6.45) is 1.89. The molecule has 1 heteroatoms. The molecule has 0 radical (unpaired) electrons. The molecule has 3 unspecified atom stereocenters. The molecule has 0 aromatic heterocycles. The normalized spacial score (nSPS) is 37.4. The first-order valence-electron chi connectivity index (χ1n) is 4.88. The Labute approximate surface area is 75.5 Å². The fourth-order valence-corrected chi connectivity index (χ4v) is 2.41. The third-order valence-electron chi connectivity index (χ3n) is 2.86.